The van der Waals surface area contributed by atoms with Gasteiger partial charge in [-0.1, -0.05) is 0 Å². The molecule has 2 heterocycles. The third kappa shape index (κ3) is 3.54. The molecule has 0 spiro atoms. The molecule has 122 valence electrons. The maximum absolute atomic E-state index is 12.7. The molecule has 1 saturated heterocycles. The van der Waals surface area contributed by atoms with Crippen LogP contribution in [0.3, 0.4) is 0 Å². The van der Waals surface area contributed by atoms with Crippen LogP contribution in [0.2, 0.25) is 0 Å². The largest absolute Gasteiger partial charge is 0.495 e. The molecule has 0 atom stereocenters. The van der Waals surface area contributed by atoms with E-state index in [0.717, 1.165) is 29.8 Å². The van der Waals surface area contributed by atoms with Crippen molar-refractivity contribution in [2.45, 2.75) is 44.3 Å². The number of aromatic nitrogens is 1. The van der Waals surface area contributed by atoms with E-state index < -0.39 is 12.1 Å². The number of rotatable bonds is 4. The molecule has 1 saturated carbocycles. The number of pyridine rings is 1. The number of hydrogen-bond donors (Lipinski definition) is 0. The van der Waals surface area contributed by atoms with Crippen LogP contribution in [-0.2, 0) is 6.54 Å². The first kappa shape index (κ1) is 15.6. The van der Waals surface area contributed by atoms with Gasteiger partial charge in [-0.2, -0.15) is 13.2 Å². The van der Waals surface area contributed by atoms with Gasteiger partial charge in [0.25, 0.3) is 0 Å². The minimum Gasteiger partial charge on any atom is -0.495 e. The summed E-state index contributed by atoms with van der Waals surface area (Å²) >= 11 is 0. The van der Waals surface area contributed by atoms with E-state index in [1.54, 1.807) is 7.11 Å². The fourth-order valence-corrected chi connectivity index (χ4v) is 3.09. The smallest absolute Gasteiger partial charge is 0.391 e. The Morgan fingerprint density at radius 2 is 1.91 bits per heavy atom. The fraction of sp³-hybridized carbons (Fsp3) is 0.688. The Bertz CT molecular complexity index is 521. The van der Waals surface area contributed by atoms with E-state index in [2.05, 4.69) is 9.88 Å². The first-order valence-corrected chi connectivity index (χ1v) is 7.79. The summed E-state index contributed by atoms with van der Waals surface area (Å²) in [6.07, 6.45) is 0.485. The molecule has 1 aromatic heterocycles. The predicted molar refractivity (Wildman–Crippen MR) is 76.8 cm³/mol. The summed E-state index contributed by atoms with van der Waals surface area (Å²) in [4.78, 5) is 6.56. The van der Waals surface area contributed by atoms with Gasteiger partial charge in [0.05, 0.1) is 18.7 Å². The van der Waals surface area contributed by atoms with Crippen molar-refractivity contribution in [1.29, 1.82) is 0 Å². The van der Waals surface area contributed by atoms with E-state index in [4.69, 9.17) is 4.74 Å². The number of ether oxygens (including phenoxy) is 1. The summed E-state index contributed by atoms with van der Waals surface area (Å²) in [5.74, 6) is 0.186. The first-order chi connectivity index (χ1) is 10.5. The SMILES string of the molecule is COc1cc(CN2CCC(C(F)(F)F)CC2)cnc1C1CC1. The van der Waals surface area contributed by atoms with Crippen molar-refractivity contribution in [1.82, 2.24) is 9.88 Å². The summed E-state index contributed by atoms with van der Waals surface area (Å²) in [5, 5.41) is 0. The molecule has 0 N–H and O–H groups in total. The average Bonchev–Trinajstić information content (AvgIpc) is 3.31. The lowest BCUT2D eigenvalue weighted by Gasteiger charge is -2.32. The average molecular weight is 314 g/mol. The van der Waals surface area contributed by atoms with Crippen molar-refractivity contribution in [3.63, 3.8) is 0 Å². The van der Waals surface area contributed by atoms with Crippen molar-refractivity contribution in [2.75, 3.05) is 20.2 Å². The molecule has 6 heteroatoms. The zero-order chi connectivity index (χ0) is 15.7. The van der Waals surface area contributed by atoms with E-state index in [0.29, 0.717) is 25.6 Å². The molecular formula is C16H21F3N2O. The Hall–Kier alpha value is -1.30. The summed E-state index contributed by atoms with van der Waals surface area (Å²) in [5.41, 5.74) is 2.02. The van der Waals surface area contributed by atoms with Crippen LogP contribution in [0.4, 0.5) is 13.2 Å². The highest BCUT2D eigenvalue weighted by Crippen LogP contribution is 2.43. The van der Waals surface area contributed by atoms with Gasteiger partial charge < -0.3 is 4.74 Å². The molecule has 2 fully saturated rings. The molecule has 3 nitrogen and oxygen atoms in total. The van der Waals surface area contributed by atoms with Gasteiger partial charge in [0.1, 0.15) is 5.75 Å². The lowest BCUT2D eigenvalue weighted by molar-refractivity contribution is -0.185. The van der Waals surface area contributed by atoms with E-state index >= 15 is 0 Å². The quantitative estimate of drug-likeness (QED) is 0.846. The summed E-state index contributed by atoms with van der Waals surface area (Å²) in [6.45, 7) is 1.60. The second-order valence-corrected chi connectivity index (χ2v) is 6.30. The zero-order valence-corrected chi connectivity index (χ0v) is 12.7. The van der Waals surface area contributed by atoms with Gasteiger partial charge in [0.15, 0.2) is 0 Å². The van der Waals surface area contributed by atoms with Crippen molar-refractivity contribution in [3.8, 4) is 5.75 Å². The Labute approximate surface area is 128 Å². The van der Waals surface area contributed by atoms with E-state index in [1.165, 1.54) is 0 Å². The van der Waals surface area contributed by atoms with Gasteiger partial charge in [-0.05, 0) is 50.4 Å². The van der Waals surface area contributed by atoms with Gasteiger partial charge in [-0.3, -0.25) is 9.88 Å². The van der Waals surface area contributed by atoms with E-state index in [1.807, 2.05) is 12.3 Å². The number of likely N-dealkylation sites (tertiary alicyclic amines) is 1. The van der Waals surface area contributed by atoms with Gasteiger partial charge >= 0.3 is 6.18 Å². The maximum atomic E-state index is 12.7. The van der Waals surface area contributed by atoms with Gasteiger partial charge in [0, 0.05) is 18.7 Å². The minimum atomic E-state index is -4.05. The lowest BCUT2D eigenvalue weighted by atomic mass is 9.96. The molecule has 0 aromatic carbocycles. The number of alkyl halides is 3. The number of methoxy groups -OCH3 is 1. The van der Waals surface area contributed by atoms with E-state index in [-0.39, 0.29) is 12.8 Å². The van der Waals surface area contributed by atoms with Crippen molar-refractivity contribution in [3.05, 3.63) is 23.5 Å². The highest BCUT2D eigenvalue weighted by molar-refractivity contribution is 5.36. The molecule has 1 aliphatic carbocycles. The Morgan fingerprint density at radius 3 is 2.45 bits per heavy atom. The second-order valence-electron chi connectivity index (χ2n) is 6.30. The lowest BCUT2D eigenvalue weighted by Crippen LogP contribution is -2.38. The maximum Gasteiger partial charge on any atom is 0.391 e. The molecule has 3 rings (SSSR count). The van der Waals surface area contributed by atoms with Gasteiger partial charge in [-0.25, -0.2) is 0 Å². The monoisotopic (exact) mass is 314 g/mol. The molecule has 0 radical (unpaired) electrons. The first-order valence-electron chi connectivity index (χ1n) is 7.79. The Kier molecular flexibility index (Phi) is 4.30. The molecule has 0 amide bonds. The van der Waals surface area contributed by atoms with Crippen LogP contribution in [0, 0.1) is 5.92 Å². The summed E-state index contributed by atoms with van der Waals surface area (Å²) < 4.78 is 43.4. The summed E-state index contributed by atoms with van der Waals surface area (Å²) in [6, 6.07) is 1.98. The molecule has 22 heavy (non-hydrogen) atoms. The van der Waals surface area contributed by atoms with Crippen molar-refractivity contribution >= 4 is 0 Å². The second kappa shape index (κ2) is 6.07. The molecule has 0 bridgehead atoms. The molecule has 1 aromatic rings. The third-order valence-corrected chi connectivity index (χ3v) is 4.58. The molecular weight excluding hydrogens is 293 g/mol. The van der Waals surface area contributed by atoms with Crippen molar-refractivity contribution in [2.24, 2.45) is 5.92 Å². The fourth-order valence-electron chi connectivity index (χ4n) is 3.09. The summed E-state index contributed by atoms with van der Waals surface area (Å²) in [7, 11) is 1.64. The Balaban J connectivity index is 1.60. The van der Waals surface area contributed by atoms with Crippen LogP contribution < -0.4 is 4.74 Å². The minimum absolute atomic E-state index is 0.189. The van der Waals surface area contributed by atoms with Gasteiger partial charge in [0.2, 0.25) is 0 Å². The number of nitrogens with zero attached hydrogens (tertiary/aromatic N) is 2. The van der Waals surface area contributed by atoms with Gasteiger partial charge in [-0.15, -0.1) is 0 Å². The highest BCUT2D eigenvalue weighted by atomic mass is 19.4. The van der Waals surface area contributed by atoms with Crippen LogP contribution in [0.25, 0.3) is 0 Å². The van der Waals surface area contributed by atoms with E-state index in [9.17, 15) is 13.2 Å². The number of halogens is 3. The predicted octanol–water partition coefficient (Wildman–Crippen LogP) is 3.74. The normalized spacial score (nSPS) is 21.1. The Morgan fingerprint density at radius 1 is 1.23 bits per heavy atom. The number of piperidine rings is 1. The standard InChI is InChI=1S/C16H21F3N2O/c1-22-14-8-11(9-20-15(14)12-2-3-12)10-21-6-4-13(5-7-21)16(17,18)19/h8-9,12-13H,2-7,10H2,1H3. The highest BCUT2D eigenvalue weighted by Gasteiger charge is 2.41. The molecule has 1 aliphatic heterocycles. The third-order valence-electron chi connectivity index (χ3n) is 4.58. The number of hydrogen-bond acceptors (Lipinski definition) is 3. The topological polar surface area (TPSA) is 25.4 Å². The van der Waals surface area contributed by atoms with Crippen LogP contribution in [-0.4, -0.2) is 36.3 Å². The zero-order valence-electron chi connectivity index (χ0n) is 12.7. The van der Waals surface area contributed by atoms with Crippen LogP contribution in [0.5, 0.6) is 5.75 Å². The van der Waals surface area contributed by atoms with Crippen LogP contribution >= 0.6 is 0 Å². The van der Waals surface area contributed by atoms with Crippen LogP contribution in [0.15, 0.2) is 12.3 Å². The van der Waals surface area contributed by atoms with Crippen molar-refractivity contribution < 1.29 is 17.9 Å². The molecule has 0 unspecified atom stereocenters. The van der Waals surface area contributed by atoms with Crippen LogP contribution in [0.1, 0.15) is 42.9 Å². The molecule has 2 aliphatic rings.